The molecule has 3 amide bonds. The summed E-state index contributed by atoms with van der Waals surface area (Å²) in [6.07, 6.45) is 0. The van der Waals surface area contributed by atoms with Crippen molar-refractivity contribution >= 4 is 23.4 Å². The van der Waals surface area contributed by atoms with Gasteiger partial charge in [0.2, 0.25) is 5.91 Å². The number of rotatable bonds is 11. The lowest BCUT2D eigenvalue weighted by Crippen LogP contribution is -2.55. The van der Waals surface area contributed by atoms with Crippen LogP contribution in [0.2, 0.25) is 0 Å². The first-order valence-corrected chi connectivity index (χ1v) is 10.3. The van der Waals surface area contributed by atoms with Crippen LogP contribution in [0.25, 0.3) is 0 Å². The second-order valence-electron chi connectivity index (χ2n) is 6.90. The second-order valence-corrected chi connectivity index (χ2v) is 6.90. The SMILES string of the molecule is CCN(CC)CCOc1cc(NC(=O)CN2CCN(CC)C(=O)C2=O)ccc1OC. The summed E-state index contributed by atoms with van der Waals surface area (Å²) in [6.45, 7) is 10.3. The van der Waals surface area contributed by atoms with Gasteiger partial charge in [-0.25, -0.2) is 0 Å². The number of hydrogen-bond acceptors (Lipinski definition) is 6. The number of hydrogen-bond donors (Lipinski definition) is 1. The fourth-order valence-corrected chi connectivity index (χ4v) is 3.23. The van der Waals surface area contributed by atoms with E-state index in [0.29, 0.717) is 43.4 Å². The zero-order valence-corrected chi connectivity index (χ0v) is 18.3. The average molecular weight is 421 g/mol. The third-order valence-electron chi connectivity index (χ3n) is 5.12. The first-order chi connectivity index (χ1) is 14.4. The molecular formula is C21H32N4O5. The molecule has 0 spiro atoms. The molecule has 9 heteroatoms. The Morgan fingerprint density at radius 1 is 1.07 bits per heavy atom. The first kappa shape index (κ1) is 23.5. The van der Waals surface area contributed by atoms with Crippen LogP contribution < -0.4 is 14.8 Å². The Kier molecular flexibility index (Phi) is 8.91. The van der Waals surface area contributed by atoms with Crippen molar-refractivity contribution in [1.82, 2.24) is 14.7 Å². The highest BCUT2D eigenvalue weighted by Gasteiger charge is 2.32. The first-order valence-electron chi connectivity index (χ1n) is 10.3. The summed E-state index contributed by atoms with van der Waals surface area (Å²) in [5.41, 5.74) is 0.532. The molecule has 1 fully saturated rings. The number of nitrogens with one attached hydrogen (secondary N) is 1. The summed E-state index contributed by atoms with van der Waals surface area (Å²) < 4.78 is 11.2. The van der Waals surface area contributed by atoms with Crippen LogP contribution >= 0.6 is 0 Å². The molecule has 9 nitrogen and oxygen atoms in total. The minimum Gasteiger partial charge on any atom is -0.493 e. The van der Waals surface area contributed by atoms with Gasteiger partial charge < -0.3 is 29.5 Å². The van der Waals surface area contributed by atoms with Crippen molar-refractivity contribution in [2.75, 3.05) is 64.8 Å². The molecule has 1 aliphatic rings. The molecule has 30 heavy (non-hydrogen) atoms. The van der Waals surface area contributed by atoms with E-state index in [2.05, 4.69) is 24.1 Å². The number of carbonyl (C=O) groups is 3. The smallest absolute Gasteiger partial charge is 0.312 e. The van der Waals surface area contributed by atoms with E-state index in [1.165, 1.54) is 9.80 Å². The summed E-state index contributed by atoms with van der Waals surface area (Å²) in [7, 11) is 1.56. The summed E-state index contributed by atoms with van der Waals surface area (Å²) in [5.74, 6) is -0.479. The van der Waals surface area contributed by atoms with Crippen LogP contribution in [-0.4, -0.2) is 92.0 Å². The Balaban J connectivity index is 1.96. The number of amides is 3. The maximum Gasteiger partial charge on any atom is 0.312 e. The van der Waals surface area contributed by atoms with Crippen LogP contribution in [0.3, 0.4) is 0 Å². The van der Waals surface area contributed by atoms with Crippen LogP contribution in [0.15, 0.2) is 18.2 Å². The average Bonchev–Trinajstić information content (AvgIpc) is 2.75. The molecule has 1 aliphatic heterocycles. The molecular weight excluding hydrogens is 388 g/mol. The molecule has 1 saturated heterocycles. The van der Waals surface area contributed by atoms with E-state index in [9.17, 15) is 14.4 Å². The lowest BCUT2D eigenvalue weighted by molar-refractivity contribution is -0.156. The highest BCUT2D eigenvalue weighted by molar-refractivity contribution is 6.35. The Labute approximate surface area is 177 Å². The minimum absolute atomic E-state index is 0.174. The molecule has 0 atom stereocenters. The fourth-order valence-electron chi connectivity index (χ4n) is 3.23. The molecule has 2 rings (SSSR count). The molecule has 1 aromatic rings. The Morgan fingerprint density at radius 3 is 2.37 bits per heavy atom. The zero-order valence-electron chi connectivity index (χ0n) is 18.3. The number of carbonyl (C=O) groups excluding carboxylic acids is 3. The number of likely N-dealkylation sites (N-methyl/N-ethyl adjacent to an activating group) is 2. The van der Waals surface area contributed by atoms with Gasteiger partial charge in [0.25, 0.3) is 0 Å². The Bertz CT molecular complexity index is 751. The van der Waals surface area contributed by atoms with Gasteiger partial charge in [0, 0.05) is 37.9 Å². The molecule has 0 radical (unpaired) electrons. The van der Waals surface area contributed by atoms with Gasteiger partial charge in [-0.3, -0.25) is 14.4 Å². The van der Waals surface area contributed by atoms with Crippen molar-refractivity contribution in [3.8, 4) is 11.5 Å². The number of nitrogens with zero attached hydrogens (tertiary/aromatic N) is 3. The molecule has 0 aliphatic carbocycles. The van der Waals surface area contributed by atoms with E-state index in [4.69, 9.17) is 9.47 Å². The monoisotopic (exact) mass is 420 g/mol. The van der Waals surface area contributed by atoms with Crippen LogP contribution in [0.4, 0.5) is 5.69 Å². The van der Waals surface area contributed by atoms with E-state index in [0.717, 1.165) is 19.6 Å². The van der Waals surface area contributed by atoms with Crippen molar-refractivity contribution < 1.29 is 23.9 Å². The lowest BCUT2D eigenvalue weighted by atomic mass is 10.2. The number of methoxy groups -OCH3 is 1. The number of piperazine rings is 1. The van der Waals surface area contributed by atoms with Gasteiger partial charge in [0.15, 0.2) is 11.5 Å². The molecule has 0 bridgehead atoms. The highest BCUT2D eigenvalue weighted by atomic mass is 16.5. The van der Waals surface area contributed by atoms with Crippen LogP contribution in [0.1, 0.15) is 20.8 Å². The molecule has 1 heterocycles. The number of benzene rings is 1. The van der Waals surface area contributed by atoms with Crippen molar-refractivity contribution in [2.45, 2.75) is 20.8 Å². The topological polar surface area (TPSA) is 91.4 Å². The molecule has 166 valence electrons. The number of ether oxygens (including phenoxy) is 2. The van der Waals surface area contributed by atoms with Crippen molar-refractivity contribution in [3.05, 3.63) is 18.2 Å². The third-order valence-corrected chi connectivity index (χ3v) is 5.12. The van der Waals surface area contributed by atoms with Crippen molar-refractivity contribution in [2.24, 2.45) is 0 Å². The normalized spacial score (nSPS) is 14.3. The van der Waals surface area contributed by atoms with Gasteiger partial charge in [-0.2, -0.15) is 0 Å². The maximum atomic E-state index is 12.4. The van der Waals surface area contributed by atoms with Gasteiger partial charge >= 0.3 is 11.8 Å². The van der Waals surface area contributed by atoms with Crippen LogP contribution in [-0.2, 0) is 14.4 Å². The maximum absolute atomic E-state index is 12.4. The summed E-state index contributed by atoms with van der Waals surface area (Å²) in [4.78, 5) is 41.6. The van der Waals surface area contributed by atoms with Crippen LogP contribution in [0.5, 0.6) is 11.5 Å². The second kappa shape index (κ2) is 11.4. The highest BCUT2D eigenvalue weighted by Crippen LogP contribution is 2.30. The minimum atomic E-state index is -0.645. The quantitative estimate of drug-likeness (QED) is 0.538. The molecule has 0 saturated carbocycles. The summed E-state index contributed by atoms with van der Waals surface area (Å²) in [6, 6.07) is 5.12. The van der Waals surface area contributed by atoms with E-state index < -0.39 is 11.8 Å². The summed E-state index contributed by atoms with van der Waals surface area (Å²) >= 11 is 0. The van der Waals surface area contributed by atoms with Gasteiger partial charge in [-0.15, -0.1) is 0 Å². The van der Waals surface area contributed by atoms with Crippen LogP contribution in [0, 0.1) is 0 Å². The molecule has 1 N–H and O–H groups in total. The molecule has 0 unspecified atom stereocenters. The molecule has 1 aromatic carbocycles. The number of anilines is 1. The lowest BCUT2D eigenvalue weighted by Gasteiger charge is -2.32. The molecule has 0 aromatic heterocycles. The van der Waals surface area contributed by atoms with E-state index >= 15 is 0 Å². The zero-order chi connectivity index (χ0) is 22.1. The van der Waals surface area contributed by atoms with Gasteiger partial charge in [0.05, 0.1) is 7.11 Å². The largest absolute Gasteiger partial charge is 0.493 e. The predicted octanol–water partition coefficient (Wildman–Crippen LogP) is 1.05. The standard InChI is InChI=1S/C21H32N4O5/c1-5-23(6-2)12-13-30-18-14-16(8-9-17(18)29-4)22-19(26)15-25-11-10-24(7-3)20(27)21(25)28/h8-9,14H,5-7,10-13,15H2,1-4H3,(H,22,26). The van der Waals surface area contributed by atoms with E-state index in [1.807, 2.05) is 6.92 Å². The van der Waals surface area contributed by atoms with Crippen molar-refractivity contribution in [1.29, 1.82) is 0 Å². The predicted molar refractivity (Wildman–Crippen MR) is 114 cm³/mol. The third kappa shape index (κ3) is 6.09. The van der Waals surface area contributed by atoms with Gasteiger partial charge in [-0.05, 0) is 32.1 Å². The van der Waals surface area contributed by atoms with E-state index in [1.54, 1.807) is 25.3 Å². The van der Waals surface area contributed by atoms with Crippen molar-refractivity contribution in [3.63, 3.8) is 0 Å². The fraction of sp³-hybridized carbons (Fsp3) is 0.571. The Hall–Kier alpha value is -2.81. The summed E-state index contributed by atoms with van der Waals surface area (Å²) in [5, 5.41) is 2.76. The van der Waals surface area contributed by atoms with E-state index in [-0.39, 0.29) is 12.5 Å². The Morgan fingerprint density at radius 2 is 1.73 bits per heavy atom. The van der Waals surface area contributed by atoms with Gasteiger partial charge in [-0.1, -0.05) is 13.8 Å². The van der Waals surface area contributed by atoms with Gasteiger partial charge in [0.1, 0.15) is 13.2 Å².